The molecule has 0 unspecified atom stereocenters. The van der Waals surface area contributed by atoms with Crippen LogP contribution in [0.5, 0.6) is 0 Å². The zero-order chi connectivity index (χ0) is 23.3. The van der Waals surface area contributed by atoms with E-state index in [0.29, 0.717) is 5.56 Å². The van der Waals surface area contributed by atoms with Gasteiger partial charge >= 0.3 is 0 Å². The Hall–Kier alpha value is -2.99. The Kier molecular flexibility index (Phi) is 7.46. The number of non-ortho nitro benzene ring substituents is 1. The molecule has 166 valence electrons. The molecule has 0 fully saturated rings. The van der Waals surface area contributed by atoms with Crippen molar-refractivity contribution in [2.75, 3.05) is 5.75 Å². The average Bonchev–Trinajstić information content (AvgIpc) is 2.75. The third kappa shape index (κ3) is 6.26. The predicted molar refractivity (Wildman–Crippen MR) is 128 cm³/mol. The van der Waals surface area contributed by atoms with Crippen molar-refractivity contribution < 1.29 is 14.3 Å². The summed E-state index contributed by atoms with van der Waals surface area (Å²) in [6, 6.07) is 18.7. The second-order valence-electron chi connectivity index (χ2n) is 8.91. The molecule has 0 aliphatic carbocycles. The minimum Gasteiger partial charge on any atom is -0.287 e. The van der Waals surface area contributed by atoms with Crippen LogP contribution < -0.4 is 4.57 Å². The molecule has 3 rings (SSSR count). The van der Waals surface area contributed by atoms with Crippen LogP contribution in [0.15, 0.2) is 71.8 Å². The van der Waals surface area contributed by atoms with Gasteiger partial charge < -0.3 is 0 Å². The molecule has 0 saturated heterocycles. The molecule has 3 aromatic rings. The van der Waals surface area contributed by atoms with E-state index in [9.17, 15) is 14.9 Å². The highest BCUT2D eigenvalue weighted by Crippen LogP contribution is 2.26. The van der Waals surface area contributed by atoms with E-state index in [1.807, 2.05) is 35.5 Å². The van der Waals surface area contributed by atoms with Gasteiger partial charge in [0, 0.05) is 46.9 Å². The lowest BCUT2D eigenvalue weighted by Gasteiger charge is -2.19. The zero-order valence-electron chi connectivity index (χ0n) is 19.0. The van der Waals surface area contributed by atoms with Gasteiger partial charge in [0.15, 0.2) is 11.9 Å². The molecule has 1 aromatic heterocycles. The first-order valence-corrected chi connectivity index (χ1v) is 11.6. The second kappa shape index (κ2) is 10.1. The molecule has 32 heavy (non-hydrogen) atoms. The Labute approximate surface area is 193 Å². The van der Waals surface area contributed by atoms with Crippen molar-refractivity contribution in [3.8, 4) is 0 Å². The van der Waals surface area contributed by atoms with Gasteiger partial charge in [-0.05, 0) is 47.7 Å². The smallest absolute Gasteiger partial charge is 0.269 e. The molecule has 2 aromatic carbocycles. The first-order chi connectivity index (χ1) is 15.1. The Morgan fingerprint density at radius 3 is 2.25 bits per heavy atom. The highest BCUT2D eigenvalue weighted by atomic mass is 32.2. The SMILES string of the molecule is Cc1ccc(CCSc2ccc(C(C)(C)C)cc2)c[n+]1CC(=O)c1ccc([N+](=O)[O-])cc1. The predicted octanol–water partition coefficient (Wildman–Crippen LogP) is 5.71. The molecule has 0 aliphatic heterocycles. The molecule has 0 bridgehead atoms. The van der Waals surface area contributed by atoms with Crippen LogP contribution in [0.4, 0.5) is 5.69 Å². The maximum absolute atomic E-state index is 12.7. The number of Topliss-reactive ketones (excluding diaryl/α,β-unsaturated/α-hetero) is 1. The fourth-order valence-corrected chi connectivity index (χ4v) is 4.24. The van der Waals surface area contributed by atoms with Crippen molar-refractivity contribution in [1.29, 1.82) is 0 Å². The zero-order valence-corrected chi connectivity index (χ0v) is 19.8. The number of aryl methyl sites for hydroxylation is 2. The number of ketones is 1. The lowest BCUT2D eigenvalue weighted by molar-refractivity contribution is -0.689. The maximum atomic E-state index is 12.7. The summed E-state index contributed by atoms with van der Waals surface area (Å²) in [5.74, 6) is 0.882. The molecular weight excluding hydrogens is 420 g/mol. The molecule has 0 amide bonds. The van der Waals surface area contributed by atoms with Crippen molar-refractivity contribution in [2.45, 2.75) is 51.0 Å². The van der Waals surface area contributed by atoms with Gasteiger partial charge in [0.1, 0.15) is 0 Å². The number of aromatic nitrogens is 1. The number of nitrogens with zero attached hydrogens (tertiary/aromatic N) is 2. The summed E-state index contributed by atoms with van der Waals surface area (Å²) in [5, 5.41) is 10.8. The van der Waals surface area contributed by atoms with E-state index >= 15 is 0 Å². The maximum Gasteiger partial charge on any atom is 0.269 e. The number of carbonyl (C=O) groups excluding carboxylic acids is 1. The number of hydrogen-bond donors (Lipinski definition) is 0. The van der Waals surface area contributed by atoms with Gasteiger partial charge in [-0.1, -0.05) is 32.9 Å². The summed E-state index contributed by atoms with van der Waals surface area (Å²) in [7, 11) is 0. The van der Waals surface area contributed by atoms with E-state index in [-0.39, 0.29) is 23.4 Å². The fourth-order valence-electron chi connectivity index (χ4n) is 3.34. The van der Waals surface area contributed by atoms with Crippen molar-refractivity contribution in [3.05, 3.63) is 99.4 Å². The van der Waals surface area contributed by atoms with Gasteiger partial charge in [-0.2, -0.15) is 4.57 Å². The monoisotopic (exact) mass is 449 g/mol. The highest BCUT2D eigenvalue weighted by molar-refractivity contribution is 7.99. The summed E-state index contributed by atoms with van der Waals surface area (Å²) in [6.07, 6.45) is 2.93. The van der Waals surface area contributed by atoms with Crippen LogP contribution >= 0.6 is 11.8 Å². The summed E-state index contributed by atoms with van der Waals surface area (Å²) < 4.78 is 1.95. The normalized spacial score (nSPS) is 11.4. The summed E-state index contributed by atoms with van der Waals surface area (Å²) in [6.45, 7) is 8.83. The van der Waals surface area contributed by atoms with Gasteiger partial charge in [0.25, 0.3) is 5.69 Å². The topological polar surface area (TPSA) is 64.1 Å². The molecule has 0 atom stereocenters. The third-order valence-corrected chi connectivity index (χ3v) is 6.42. The summed E-state index contributed by atoms with van der Waals surface area (Å²) in [4.78, 5) is 24.3. The summed E-state index contributed by atoms with van der Waals surface area (Å²) in [5.41, 5.74) is 4.12. The van der Waals surface area contributed by atoms with Crippen molar-refractivity contribution in [3.63, 3.8) is 0 Å². The number of benzene rings is 2. The van der Waals surface area contributed by atoms with Crippen molar-refractivity contribution in [1.82, 2.24) is 0 Å². The van der Waals surface area contributed by atoms with E-state index in [0.717, 1.165) is 17.9 Å². The highest BCUT2D eigenvalue weighted by Gasteiger charge is 2.17. The van der Waals surface area contributed by atoms with Crippen molar-refractivity contribution in [2.24, 2.45) is 0 Å². The number of carbonyl (C=O) groups is 1. The Morgan fingerprint density at radius 2 is 1.66 bits per heavy atom. The van der Waals surface area contributed by atoms with Crippen LogP contribution in [-0.4, -0.2) is 16.5 Å². The average molecular weight is 450 g/mol. The minimum atomic E-state index is -0.465. The molecular formula is C26H29N2O3S+. The number of rotatable bonds is 8. The Morgan fingerprint density at radius 1 is 1.00 bits per heavy atom. The Bertz CT molecular complexity index is 1100. The van der Waals surface area contributed by atoms with Gasteiger partial charge in [-0.25, -0.2) is 0 Å². The van der Waals surface area contributed by atoms with E-state index in [4.69, 9.17) is 0 Å². The number of hydrogen-bond acceptors (Lipinski definition) is 4. The van der Waals surface area contributed by atoms with Gasteiger partial charge in [0.2, 0.25) is 12.3 Å². The van der Waals surface area contributed by atoms with Crippen molar-refractivity contribution >= 4 is 23.2 Å². The van der Waals surface area contributed by atoms with Crippen LogP contribution in [0.1, 0.15) is 48.0 Å². The van der Waals surface area contributed by atoms with Gasteiger partial charge in [0.05, 0.1) is 4.92 Å². The lowest BCUT2D eigenvalue weighted by Crippen LogP contribution is -2.41. The quantitative estimate of drug-likeness (QED) is 0.145. The number of pyridine rings is 1. The van der Waals surface area contributed by atoms with Crippen LogP contribution in [0.3, 0.4) is 0 Å². The molecule has 0 radical (unpaired) electrons. The van der Waals surface area contributed by atoms with E-state index in [1.54, 1.807) is 0 Å². The summed E-state index contributed by atoms with van der Waals surface area (Å²) >= 11 is 1.83. The first kappa shape index (κ1) is 23.7. The minimum absolute atomic E-state index is 0.0158. The molecule has 1 heterocycles. The van der Waals surface area contributed by atoms with Crippen LogP contribution in [-0.2, 0) is 18.4 Å². The number of thioether (sulfide) groups is 1. The molecule has 0 aliphatic rings. The van der Waals surface area contributed by atoms with E-state index < -0.39 is 4.92 Å². The molecule has 6 heteroatoms. The lowest BCUT2D eigenvalue weighted by atomic mass is 9.87. The molecule has 0 saturated carbocycles. The number of nitro benzene ring substituents is 1. The Balaban J connectivity index is 1.60. The fraction of sp³-hybridized carbons (Fsp3) is 0.308. The van der Waals surface area contributed by atoms with Gasteiger partial charge in [-0.15, -0.1) is 11.8 Å². The largest absolute Gasteiger partial charge is 0.287 e. The number of nitro groups is 1. The van der Waals surface area contributed by atoms with E-state index in [2.05, 4.69) is 51.1 Å². The van der Waals surface area contributed by atoms with Crippen LogP contribution in [0.2, 0.25) is 0 Å². The standard InChI is InChI=1S/C26H29N2O3S/c1-19-5-6-20(15-16-32-24-13-9-22(10-14-24)26(2,3)4)17-27(19)18-25(29)21-7-11-23(12-8-21)28(30)31/h5-14,17H,15-16,18H2,1-4H3/q+1. The van der Waals surface area contributed by atoms with Gasteiger partial charge in [-0.3, -0.25) is 14.9 Å². The third-order valence-electron chi connectivity index (χ3n) is 5.41. The molecule has 0 N–H and O–H groups in total. The molecule has 0 spiro atoms. The van der Waals surface area contributed by atoms with Crippen LogP contribution in [0.25, 0.3) is 0 Å². The van der Waals surface area contributed by atoms with Crippen LogP contribution in [0, 0.1) is 17.0 Å². The first-order valence-electron chi connectivity index (χ1n) is 10.6. The molecule has 5 nitrogen and oxygen atoms in total. The second-order valence-corrected chi connectivity index (χ2v) is 10.1. The van der Waals surface area contributed by atoms with E-state index in [1.165, 1.54) is 40.3 Å².